The van der Waals surface area contributed by atoms with Gasteiger partial charge in [0.15, 0.2) is 4.77 Å². The Morgan fingerprint density at radius 2 is 2.06 bits per heavy atom. The molecule has 0 saturated heterocycles. The number of aromatic amines is 2. The number of hydrogen-bond donors (Lipinski definition) is 2. The lowest BCUT2D eigenvalue weighted by atomic mass is 10.1. The second-order valence-corrected chi connectivity index (χ2v) is 4.12. The minimum Gasteiger partial charge on any atom is -0.336 e. The number of aromatic nitrogens is 2. The number of benzene rings is 1. The van der Waals surface area contributed by atoms with E-state index in [0.29, 0.717) is 12.1 Å². The van der Waals surface area contributed by atoms with E-state index in [1.165, 1.54) is 18.2 Å². The molecular weight excluding hydrogens is 254 g/mol. The highest BCUT2D eigenvalue weighted by Crippen LogP contribution is 2.15. The summed E-state index contributed by atoms with van der Waals surface area (Å²) in [5, 5.41) is 10.6. The van der Waals surface area contributed by atoms with Crippen LogP contribution in [-0.2, 0) is 6.42 Å². The predicted octanol–water partition coefficient (Wildman–Crippen LogP) is 1.93. The molecule has 0 radical (unpaired) electrons. The minimum absolute atomic E-state index is 0.0240. The first-order valence-electron chi connectivity index (χ1n) is 5.10. The van der Waals surface area contributed by atoms with Gasteiger partial charge in [0, 0.05) is 30.3 Å². The van der Waals surface area contributed by atoms with E-state index in [1.807, 2.05) is 0 Å². The molecule has 92 valence electrons. The largest absolute Gasteiger partial charge is 0.336 e. The zero-order valence-electron chi connectivity index (χ0n) is 9.17. The van der Waals surface area contributed by atoms with Gasteiger partial charge in [-0.3, -0.25) is 19.9 Å². The Morgan fingerprint density at radius 1 is 1.28 bits per heavy atom. The molecule has 18 heavy (non-hydrogen) atoms. The number of nitrogens with one attached hydrogen (secondary N) is 2. The summed E-state index contributed by atoms with van der Waals surface area (Å²) in [7, 11) is 0. The average Bonchev–Trinajstić information content (AvgIpc) is 2.27. The third-order valence-corrected chi connectivity index (χ3v) is 2.54. The van der Waals surface area contributed by atoms with E-state index in [4.69, 9.17) is 12.2 Å². The van der Waals surface area contributed by atoms with Crippen LogP contribution < -0.4 is 5.56 Å². The Morgan fingerprint density at radius 3 is 2.72 bits per heavy atom. The van der Waals surface area contributed by atoms with Gasteiger partial charge in [-0.05, 0) is 17.8 Å². The average molecular weight is 263 g/mol. The molecule has 0 unspecified atom stereocenters. The first-order valence-corrected chi connectivity index (χ1v) is 5.51. The van der Waals surface area contributed by atoms with E-state index in [-0.39, 0.29) is 16.0 Å². The van der Waals surface area contributed by atoms with Gasteiger partial charge in [0.2, 0.25) is 0 Å². The number of H-pyrrole nitrogens is 2. The third-order valence-electron chi connectivity index (χ3n) is 2.33. The quantitative estimate of drug-likeness (QED) is 0.503. The molecule has 0 amide bonds. The zero-order valence-corrected chi connectivity index (χ0v) is 9.99. The summed E-state index contributed by atoms with van der Waals surface area (Å²) in [5.41, 5.74) is 1.08. The fraction of sp³-hybridized carbons (Fsp3) is 0.0909. The molecule has 0 aliphatic rings. The van der Waals surface area contributed by atoms with Gasteiger partial charge in [0.05, 0.1) is 4.92 Å². The van der Waals surface area contributed by atoms with Crippen molar-refractivity contribution in [1.29, 1.82) is 0 Å². The molecule has 0 bridgehead atoms. The molecule has 2 rings (SSSR count). The molecule has 0 saturated carbocycles. The number of rotatable bonds is 3. The zero-order chi connectivity index (χ0) is 13.1. The minimum atomic E-state index is -0.455. The van der Waals surface area contributed by atoms with Crippen molar-refractivity contribution in [2.75, 3.05) is 0 Å². The Labute approximate surface area is 106 Å². The van der Waals surface area contributed by atoms with Crippen molar-refractivity contribution >= 4 is 17.9 Å². The highest BCUT2D eigenvalue weighted by atomic mass is 32.1. The summed E-state index contributed by atoms with van der Waals surface area (Å²) in [6, 6.07) is 7.64. The lowest BCUT2D eigenvalue weighted by molar-refractivity contribution is -0.384. The summed E-state index contributed by atoms with van der Waals surface area (Å²) < 4.78 is 0.239. The summed E-state index contributed by atoms with van der Waals surface area (Å²) in [6.07, 6.45) is 0.384. The highest BCUT2D eigenvalue weighted by Gasteiger charge is 2.06. The van der Waals surface area contributed by atoms with E-state index in [9.17, 15) is 14.9 Å². The summed E-state index contributed by atoms with van der Waals surface area (Å²) in [6.45, 7) is 0. The van der Waals surface area contributed by atoms with Crippen molar-refractivity contribution < 1.29 is 4.92 Å². The maximum absolute atomic E-state index is 11.2. The van der Waals surface area contributed by atoms with Crippen LogP contribution in [0, 0.1) is 14.9 Å². The third kappa shape index (κ3) is 2.89. The van der Waals surface area contributed by atoms with Gasteiger partial charge in [0.1, 0.15) is 0 Å². The van der Waals surface area contributed by atoms with Crippen LogP contribution in [0.1, 0.15) is 11.3 Å². The van der Waals surface area contributed by atoms with Crippen LogP contribution in [0.4, 0.5) is 5.69 Å². The number of nitrogens with zero attached hydrogens (tertiary/aromatic N) is 1. The van der Waals surface area contributed by atoms with Gasteiger partial charge in [-0.25, -0.2) is 0 Å². The normalized spacial score (nSPS) is 10.2. The maximum Gasteiger partial charge on any atom is 0.269 e. The maximum atomic E-state index is 11.2. The van der Waals surface area contributed by atoms with Gasteiger partial charge in [-0.2, -0.15) is 0 Å². The topological polar surface area (TPSA) is 91.8 Å². The predicted molar refractivity (Wildman–Crippen MR) is 68.1 cm³/mol. The molecule has 2 aromatic rings. The van der Waals surface area contributed by atoms with Gasteiger partial charge < -0.3 is 4.98 Å². The highest BCUT2D eigenvalue weighted by molar-refractivity contribution is 7.71. The molecule has 1 aromatic carbocycles. The number of nitro groups is 1. The van der Waals surface area contributed by atoms with Crippen LogP contribution in [0.3, 0.4) is 0 Å². The Bertz CT molecular complexity index is 677. The van der Waals surface area contributed by atoms with Crippen molar-refractivity contribution in [3.8, 4) is 0 Å². The number of hydrogen-bond acceptors (Lipinski definition) is 4. The van der Waals surface area contributed by atoms with E-state index in [2.05, 4.69) is 9.97 Å². The Hall–Kier alpha value is -2.28. The summed E-state index contributed by atoms with van der Waals surface area (Å²) in [5.74, 6) is 0. The molecule has 7 heteroatoms. The van der Waals surface area contributed by atoms with Crippen LogP contribution in [0.15, 0.2) is 35.1 Å². The van der Waals surface area contributed by atoms with Gasteiger partial charge >= 0.3 is 0 Å². The SMILES string of the molecule is O=c1cc(Cc2cccc([N+](=O)[O-])c2)[nH]c(=S)[nH]1. The van der Waals surface area contributed by atoms with Crippen molar-refractivity contribution in [2.24, 2.45) is 0 Å². The Kier molecular flexibility index (Phi) is 3.33. The molecule has 2 N–H and O–H groups in total. The Balaban J connectivity index is 2.34. The lowest BCUT2D eigenvalue weighted by Gasteiger charge is -2.01. The van der Waals surface area contributed by atoms with Crippen LogP contribution >= 0.6 is 12.2 Å². The number of nitro benzene ring substituents is 1. The van der Waals surface area contributed by atoms with Crippen molar-refractivity contribution in [2.45, 2.75) is 6.42 Å². The molecule has 0 atom stereocenters. The van der Waals surface area contributed by atoms with E-state index >= 15 is 0 Å². The van der Waals surface area contributed by atoms with Crippen molar-refractivity contribution in [1.82, 2.24) is 9.97 Å². The molecule has 0 fully saturated rings. The van der Waals surface area contributed by atoms with Gasteiger partial charge in [-0.15, -0.1) is 0 Å². The second kappa shape index (κ2) is 4.92. The van der Waals surface area contributed by atoms with Crippen LogP contribution in [-0.4, -0.2) is 14.9 Å². The van der Waals surface area contributed by atoms with Gasteiger partial charge in [0.25, 0.3) is 11.2 Å². The molecule has 0 aliphatic heterocycles. The first kappa shape index (κ1) is 12.2. The monoisotopic (exact) mass is 263 g/mol. The van der Waals surface area contributed by atoms with Gasteiger partial charge in [-0.1, -0.05) is 12.1 Å². The molecular formula is C11H9N3O3S. The smallest absolute Gasteiger partial charge is 0.269 e. The van der Waals surface area contributed by atoms with Crippen LogP contribution in [0.25, 0.3) is 0 Å². The lowest BCUT2D eigenvalue weighted by Crippen LogP contribution is -2.08. The fourth-order valence-electron chi connectivity index (χ4n) is 1.61. The molecule has 0 aliphatic carbocycles. The molecule has 1 heterocycles. The van der Waals surface area contributed by atoms with E-state index < -0.39 is 4.92 Å². The summed E-state index contributed by atoms with van der Waals surface area (Å²) >= 11 is 4.85. The molecule has 6 nitrogen and oxygen atoms in total. The van der Waals surface area contributed by atoms with Crippen molar-refractivity contribution in [3.63, 3.8) is 0 Å². The van der Waals surface area contributed by atoms with Crippen LogP contribution in [0.5, 0.6) is 0 Å². The number of non-ortho nitro benzene ring substituents is 1. The van der Waals surface area contributed by atoms with Crippen LogP contribution in [0.2, 0.25) is 0 Å². The van der Waals surface area contributed by atoms with Crippen molar-refractivity contribution in [3.05, 3.63) is 66.8 Å². The standard InChI is InChI=1S/C11H9N3O3S/c15-10-6-8(12-11(18)13-10)4-7-2-1-3-9(5-7)14(16)17/h1-3,5-6H,4H2,(H2,12,13,15,18). The van der Waals surface area contributed by atoms with E-state index in [1.54, 1.807) is 12.1 Å². The first-order chi connectivity index (χ1) is 8.54. The fourth-order valence-corrected chi connectivity index (χ4v) is 1.85. The summed E-state index contributed by atoms with van der Waals surface area (Å²) in [4.78, 5) is 26.7. The molecule has 0 spiro atoms. The molecule has 1 aromatic heterocycles. The second-order valence-electron chi connectivity index (χ2n) is 3.72. The van der Waals surface area contributed by atoms with E-state index in [0.717, 1.165) is 5.56 Å².